The molecule has 16 heavy (non-hydrogen) atoms. The van der Waals surface area contributed by atoms with Crippen molar-refractivity contribution in [2.75, 3.05) is 23.8 Å². The van der Waals surface area contributed by atoms with Crippen LogP contribution in [-0.2, 0) is 0 Å². The zero-order chi connectivity index (χ0) is 11.9. The number of nitrogens with one attached hydrogen (secondary N) is 1. The van der Waals surface area contributed by atoms with Crippen LogP contribution in [0.15, 0.2) is 12.1 Å². The molecule has 1 aliphatic rings. The Morgan fingerprint density at radius 1 is 1.44 bits per heavy atom. The van der Waals surface area contributed by atoms with Gasteiger partial charge in [-0.3, -0.25) is 0 Å². The van der Waals surface area contributed by atoms with Crippen molar-refractivity contribution in [3.8, 4) is 0 Å². The molecule has 0 aromatic heterocycles. The van der Waals surface area contributed by atoms with E-state index in [4.69, 9.17) is 11.6 Å². The van der Waals surface area contributed by atoms with Crippen LogP contribution in [-0.4, -0.2) is 19.6 Å². The maximum atomic E-state index is 6.29. The summed E-state index contributed by atoms with van der Waals surface area (Å²) in [5.74, 6) is 0.620. The molecule has 0 bridgehead atoms. The normalized spacial score (nSPS) is 19.6. The van der Waals surface area contributed by atoms with Crippen molar-refractivity contribution < 1.29 is 0 Å². The highest BCUT2D eigenvalue weighted by atomic mass is 35.5. The number of anilines is 2. The van der Waals surface area contributed by atoms with Crippen LogP contribution in [0.2, 0.25) is 5.02 Å². The summed E-state index contributed by atoms with van der Waals surface area (Å²) in [6.45, 7) is 7.57. The van der Waals surface area contributed by atoms with Gasteiger partial charge in [0.1, 0.15) is 0 Å². The first-order chi connectivity index (χ1) is 7.49. The average Bonchev–Trinajstić information content (AvgIpc) is 2.15. The maximum Gasteiger partial charge on any atom is 0.0789 e. The molecule has 3 heteroatoms. The Labute approximate surface area is 103 Å². The van der Waals surface area contributed by atoms with Crippen molar-refractivity contribution in [3.05, 3.63) is 22.7 Å². The first kappa shape index (κ1) is 11.6. The fourth-order valence-electron chi connectivity index (χ4n) is 2.24. The number of halogens is 1. The summed E-state index contributed by atoms with van der Waals surface area (Å²) >= 11 is 6.29. The molecule has 1 atom stereocenters. The Balaban J connectivity index is 2.42. The van der Waals surface area contributed by atoms with E-state index in [2.05, 4.69) is 44.1 Å². The lowest BCUT2D eigenvalue weighted by Crippen LogP contribution is -2.42. The topological polar surface area (TPSA) is 15.3 Å². The second kappa shape index (κ2) is 4.17. The number of likely N-dealkylation sites (N-methyl/N-ethyl adjacent to an activating group) is 1. The Hall–Kier alpha value is -0.890. The number of rotatable bonds is 1. The number of fused-ring (bicyclic) bond motifs is 1. The Kier molecular flexibility index (Phi) is 3.02. The summed E-state index contributed by atoms with van der Waals surface area (Å²) in [6, 6.07) is 4.69. The van der Waals surface area contributed by atoms with Gasteiger partial charge in [-0.1, -0.05) is 25.4 Å². The van der Waals surface area contributed by atoms with Gasteiger partial charge < -0.3 is 10.2 Å². The molecule has 0 aliphatic carbocycles. The summed E-state index contributed by atoms with van der Waals surface area (Å²) in [5.41, 5.74) is 3.50. The molecular weight excluding hydrogens is 220 g/mol. The predicted octanol–water partition coefficient (Wildman–Crippen LogP) is 3.53. The van der Waals surface area contributed by atoms with Gasteiger partial charge in [-0.2, -0.15) is 0 Å². The minimum Gasteiger partial charge on any atom is -0.379 e. The second-order valence-corrected chi connectivity index (χ2v) is 5.43. The molecule has 0 saturated carbocycles. The quantitative estimate of drug-likeness (QED) is 0.805. The first-order valence-electron chi connectivity index (χ1n) is 5.77. The highest BCUT2D eigenvalue weighted by Gasteiger charge is 2.25. The van der Waals surface area contributed by atoms with Crippen LogP contribution in [0.1, 0.15) is 19.4 Å². The molecule has 2 nitrogen and oxygen atoms in total. The number of hydrogen-bond donors (Lipinski definition) is 1. The second-order valence-electron chi connectivity index (χ2n) is 5.02. The van der Waals surface area contributed by atoms with E-state index in [9.17, 15) is 0 Å². The van der Waals surface area contributed by atoms with E-state index in [0.717, 1.165) is 22.9 Å². The summed E-state index contributed by atoms with van der Waals surface area (Å²) in [4.78, 5) is 2.25. The Bertz CT molecular complexity index is 401. The van der Waals surface area contributed by atoms with Crippen molar-refractivity contribution in [2.24, 2.45) is 5.92 Å². The Morgan fingerprint density at radius 3 is 2.75 bits per heavy atom. The van der Waals surface area contributed by atoms with Crippen LogP contribution in [0, 0.1) is 12.8 Å². The number of benzene rings is 1. The lowest BCUT2D eigenvalue weighted by Gasteiger charge is -2.37. The van der Waals surface area contributed by atoms with Gasteiger partial charge in [0.15, 0.2) is 0 Å². The van der Waals surface area contributed by atoms with Gasteiger partial charge in [0.2, 0.25) is 0 Å². The molecule has 0 saturated heterocycles. The van der Waals surface area contributed by atoms with Gasteiger partial charge >= 0.3 is 0 Å². The summed E-state index contributed by atoms with van der Waals surface area (Å²) in [5, 5.41) is 4.42. The van der Waals surface area contributed by atoms with Crippen molar-refractivity contribution in [1.82, 2.24) is 0 Å². The van der Waals surface area contributed by atoms with E-state index >= 15 is 0 Å². The molecule has 1 unspecified atom stereocenters. The summed E-state index contributed by atoms with van der Waals surface area (Å²) in [6.07, 6.45) is 0. The van der Waals surface area contributed by atoms with E-state index in [1.54, 1.807) is 0 Å². The lowest BCUT2D eigenvalue weighted by molar-refractivity contribution is 0.514. The van der Waals surface area contributed by atoms with Crippen LogP contribution in [0.4, 0.5) is 11.4 Å². The molecule has 0 fully saturated rings. The molecule has 1 aromatic rings. The molecule has 0 spiro atoms. The van der Waals surface area contributed by atoms with Crippen molar-refractivity contribution >= 4 is 23.0 Å². The SMILES string of the molecule is Cc1cc(Cl)c2c(c1)NC(C(C)C)CN2C. The molecule has 1 aliphatic heterocycles. The van der Waals surface area contributed by atoms with Gasteiger partial charge in [-0.05, 0) is 30.5 Å². The van der Waals surface area contributed by atoms with Crippen molar-refractivity contribution in [3.63, 3.8) is 0 Å². The Morgan fingerprint density at radius 2 is 2.12 bits per heavy atom. The molecule has 2 rings (SSSR count). The number of nitrogens with zero attached hydrogens (tertiary/aromatic N) is 1. The summed E-state index contributed by atoms with van der Waals surface area (Å²) in [7, 11) is 2.11. The monoisotopic (exact) mass is 238 g/mol. The van der Waals surface area contributed by atoms with E-state index in [1.807, 2.05) is 6.07 Å². The summed E-state index contributed by atoms with van der Waals surface area (Å²) < 4.78 is 0. The fraction of sp³-hybridized carbons (Fsp3) is 0.538. The van der Waals surface area contributed by atoms with E-state index in [-0.39, 0.29) is 0 Å². The van der Waals surface area contributed by atoms with E-state index < -0.39 is 0 Å². The third-order valence-corrected chi connectivity index (χ3v) is 3.49. The largest absolute Gasteiger partial charge is 0.379 e. The van der Waals surface area contributed by atoms with Gasteiger partial charge in [0.05, 0.1) is 16.4 Å². The van der Waals surface area contributed by atoms with Crippen LogP contribution in [0.3, 0.4) is 0 Å². The van der Waals surface area contributed by atoms with E-state index in [1.165, 1.54) is 5.56 Å². The average molecular weight is 239 g/mol. The predicted molar refractivity (Wildman–Crippen MR) is 71.7 cm³/mol. The van der Waals surface area contributed by atoms with Gasteiger partial charge in [-0.15, -0.1) is 0 Å². The highest BCUT2D eigenvalue weighted by Crippen LogP contribution is 2.38. The lowest BCUT2D eigenvalue weighted by atomic mass is 9.99. The number of aryl methyl sites for hydroxylation is 1. The van der Waals surface area contributed by atoms with Crippen LogP contribution in [0.25, 0.3) is 0 Å². The van der Waals surface area contributed by atoms with Crippen molar-refractivity contribution in [2.45, 2.75) is 26.8 Å². The van der Waals surface area contributed by atoms with Gasteiger partial charge in [0.25, 0.3) is 0 Å². The third-order valence-electron chi connectivity index (χ3n) is 3.21. The van der Waals surface area contributed by atoms with Crippen LogP contribution in [0.5, 0.6) is 0 Å². The molecule has 1 aromatic carbocycles. The molecule has 0 radical (unpaired) electrons. The zero-order valence-corrected chi connectivity index (χ0v) is 11.1. The highest BCUT2D eigenvalue weighted by molar-refractivity contribution is 6.34. The van der Waals surface area contributed by atoms with Gasteiger partial charge in [-0.25, -0.2) is 0 Å². The smallest absolute Gasteiger partial charge is 0.0789 e. The molecule has 0 amide bonds. The molecule has 88 valence electrons. The number of hydrogen-bond acceptors (Lipinski definition) is 2. The standard InChI is InChI=1S/C13H19ClN2/c1-8(2)12-7-16(4)13-10(14)5-9(3)6-11(13)15-12/h5-6,8,12,15H,7H2,1-4H3. The molecule has 1 heterocycles. The van der Waals surface area contributed by atoms with Gasteiger partial charge in [0, 0.05) is 19.6 Å². The van der Waals surface area contributed by atoms with E-state index in [0.29, 0.717) is 12.0 Å². The third kappa shape index (κ3) is 1.99. The first-order valence-corrected chi connectivity index (χ1v) is 6.14. The van der Waals surface area contributed by atoms with Crippen molar-refractivity contribution in [1.29, 1.82) is 0 Å². The van der Waals surface area contributed by atoms with Crippen LogP contribution >= 0.6 is 11.6 Å². The fourth-order valence-corrected chi connectivity index (χ4v) is 2.66. The molecule has 1 N–H and O–H groups in total. The zero-order valence-electron chi connectivity index (χ0n) is 10.3. The minimum atomic E-state index is 0.496. The van der Waals surface area contributed by atoms with Crippen LogP contribution < -0.4 is 10.2 Å². The maximum absolute atomic E-state index is 6.29. The minimum absolute atomic E-state index is 0.496. The molecular formula is C13H19ClN2.